The Morgan fingerprint density at radius 2 is 2.09 bits per heavy atom. The monoisotopic (exact) mass is 310 g/mol. The maximum absolute atomic E-state index is 12.7. The number of fused-ring (bicyclic) bond motifs is 3. The van der Waals surface area contributed by atoms with Crippen molar-refractivity contribution in [3.8, 4) is 0 Å². The third-order valence-electron chi connectivity index (χ3n) is 5.79. The van der Waals surface area contributed by atoms with Gasteiger partial charge in [0, 0.05) is 23.0 Å². The van der Waals surface area contributed by atoms with Crippen LogP contribution in [0.2, 0.25) is 0 Å². The van der Waals surface area contributed by atoms with Crippen LogP contribution in [0.25, 0.3) is 10.9 Å². The highest BCUT2D eigenvalue weighted by molar-refractivity contribution is 6.06. The van der Waals surface area contributed by atoms with Crippen LogP contribution in [-0.4, -0.2) is 16.9 Å². The lowest BCUT2D eigenvalue weighted by molar-refractivity contribution is 0.0917. The zero-order chi connectivity index (χ0) is 16.0. The standard InChI is InChI=1S/C19H22N2O2/c1-11(15-9-12-6-7-13(15)8-12)20-19(23)16-10-18(22)21-17-5-3-2-4-14(16)17/h2-5,10-13,15H,6-9H2,1H3,(H,20,23)(H,21,22). The summed E-state index contributed by atoms with van der Waals surface area (Å²) < 4.78 is 0. The Hall–Kier alpha value is -2.10. The lowest BCUT2D eigenvalue weighted by Crippen LogP contribution is -2.40. The van der Waals surface area contributed by atoms with Crippen LogP contribution in [0.5, 0.6) is 0 Å². The molecule has 0 saturated heterocycles. The maximum Gasteiger partial charge on any atom is 0.252 e. The number of carbonyl (C=O) groups excluding carboxylic acids is 1. The summed E-state index contributed by atoms with van der Waals surface area (Å²) in [5, 5.41) is 3.95. The van der Waals surface area contributed by atoms with E-state index in [2.05, 4.69) is 17.2 Å². The number of aromatic amines is 1. The molecule has 4 unspecified atom stereocenters. The molecule has 2 bridgehead atoms. The second kappa shape index (κ2) is 5.52. The number of hydrogen-bond donors (Lipinski definition) is 2. The Bertz CT molecular complexity index is 810. The first kappa shape index (κ1) is 14.5. The maximum atomic E-state index is 12.7. The number of nitrogens with one attached hydrogen (secondary N) is 2. The van der Waals surface area contributed by atoms with Gasteiger partial charge in [0.2, 0.25) is 5.56 Å². The molecule has 2 aliphatic rings. The fourth-order valence-electron chi connectivity index (χ4n) is 4.69. The summed E-state index contributed by atoms with van der Waals surface area (Å²) in [4.78, 5) is 27.3. The summed E-state index contributed by atoms with van der Waals surface area (Å²) in [6, 6.07) is 9.02. The molecule has 1 aromatic heterocycles. The zero-order valence-electron chi connectivity index (χ0n) is 13.3. The van der Waals surface area contributed by atoms with Gasteiger partial charge in [0.1, 0.15) is 0 Å². The van der Waals surface area contributed by atoms with Crippen LogP contribution in [0.15, 0.2) is 35.1 Å². The molecule has 2 N–H and O–H groups in total. The number of pyridine rings is 1. The SMILES string of the molecule is CC(NC(=O)c1cc(=O)[nH]c2ccccc12)C1CC2CCC1C2. The third kappa shape index (κ3) is 2.56. The molecule has 2 aromatic rings. The molecule has 120 valence electrons. The zero-order valence-corrected chi connectivity index (χ0v) is 13.3. The molecule has 0 radical (unpaired) electrons. The van der Waals surface area contributed by atoms with Crippen LogP contribution in [-0.2, 0) is 0 Å². The molecule has 1 heterocycles. The Kier molecular flexibility index (Phi) is 3.47. The van der Waals surface area contributed by atoms with Crippen LogP contribution >= 0.6 is 0 Å². The molecule has 0 spiro atoms. The second-order valence-electron chi connectivity index (χ2n) is 7.19. The molecule has 2 aliphatic carbocycles. The molecule has 1 aromatic carbocycles. The molecule has 1 amide bonds. The van der Waals surface area contributed by atoms with Gasteiger partial charge in [0.25, 0.3) is 5.91 Å². The number of aromatic nitrogens is 1. The quantitative estimate of drug-likeness (QED) is 0.915. The summed E-state index contributed by atoms with van der Waals surface area (Å²) >= 11 is 0. The Morgan fingerprint density at radius 3 is 2.83 bits per heavy atom. The number of amides is 1. The first-order valence-corrected chi connectivity index (χ1v) is 8.55. The van der Waals surface area contributed by atoms with E-state index in [1.807, 2.05) is 24.3 Å². The minimum Gasteiger partial charge on any atom is -0.349 e. The smallest absolute Gasteiger partial charge is 0.252 e. The lowest BCUT2D eigenvalue weighted by Gasteiger charge is -2.28. The number of para-hydroxylation sites is 1. The van der Waals surface area contributed by atoms with Crippen molar-refractivity contribution in [3.63, 3.8) is 0 Å². The van der Waals surface area contributed by atoms with Crippen LogP contribution in [0.1, 0.15) is 43.0 Å². The van der Waals surface area contributed by atoms with Gasteiger partial charge in [-0.05, 0) is 50.0 Å². The molecular weight excluding hydrogens is 288 g/mol. The van der Waals surface area contributed by atoms with E-state index in [4.69, 9.17) is 0 Å². The average Bonchev–Trinajstić information content (AvgIpc) is 3.17. The molecule has 23 heavy (non-hydrogen) atoms. The van der Waals surface area contributed by atoms with E-state index in [-0.39, 0.29) is 17.5 Å². The van der Waals surface area contributed by atoms with E-state index in [1.165, 1.54) is 31.7 Å². The van der Waals surface area contributed by atoms with Gasteiger partial charge in [-0.1, -0.05) is 24.6 Å². The van der Waals surface area contributed by atoms with Crippen molar-refractivity contribution in [2.45, 2.75) is 38.6 Å². The average molecular weight is 310 g/mol. The Balaban J connectivity index is 1.58. The summed E-state index contributed by atoms with van der Waals surface area (Å²) in [5.74, 6) is 2.09. The minimum atomic E-state index is -0.235. The summed E-state index contributed by atoms with van der Waals surface area (Å²) in [7, 11) is 0. The molecule has 2 saturated carbocycles. The van der Waals surface area contributed by atoms with Crippen molar-refractivity contribution >= 4 is 16.8 Å². The summed E-state index contributed by atoms with van der Waals surface area (Å²) in [5.41, 5.74) is 0.943. The first-order chi connectivity index (χ1) is 11.1. The van der Waals surface area contributed by atoms with Crippen molar-refractivity contribution in [1.82, 2.24) is 10.3 Å². The van der Waals surface area contributed by atoms with Gasteiger partial charge in [-0.2, -0.15) is 0 Å². The normalized spacial score (nSPS) is 27.3. The highest BCUT2D eigenvalue weighted by atomic mass is 16.2. The molecule has 0 aliphatic heterocycles. The Morgan fingerprint density at radius 1 is 1.26 bits per heavy atom. The highest BCUT2D eigenvalue weighted by Crippen LogP contribution is 2.49. The van der Waals surface area contributed by atoms with Crippen molar-refractivity contribution < 1.29 is 4.79 Å². The van der Waals surface area contributed by atoms with Gasteiger partial charge in [0.05, 0.1) is 5.56 Å². The minimum absolute atomic E-state index is 0.137. The Labute approximate surface area is 135 Å². The van der Waals surface area contributed by atoms with Crippen molar-refractivity contribution in [1.29, 1.82) is 0 Å². The van der Waals surface area contributed by atoms with E-state index in [0.29, 0.717) is 17.0 Å². The van der Waals surface area contributed by atoms with Crippen molar-refractivity contribution in [3.05, 3.63) is 46.2 Å². The first-order valence-electron chi connectivity index (χ1n) is 8.55. The van der Waals surface area contributed by atoms with Crippen LogP contribution in [0, 0.1) is 17.8 Å². The van der Waals surface area contributed by atoms with E-state index in [1.54, 1.807) is 0 Å². The number of H-pyrrole nitrogens is 1. The molecule has 4 atom stereocenters. The number of rotatable bonds is 3. The molecule has 4 heteroatoms. The largest absolute Gasteiger partial charge is 0.349 e. The molecule has 4 rings (SSSR count). The number of hydrogen-bond acceptors (Lipinski definition) is 2. The van der Waals surface area contributed by atoms with Crippen LogP contribution in [0.3, 0.4) is 0 Å². The van der Waals surface area contributed by atoms with Gasteiger partial charge < -0.3 is 10.3 Å². The van der Waals surface area contributed by atoms with Crippen LogP contribution in [0.4, 0.5) is 0 Å². The van der Waals surface area contributed by atoms with E-state index < -0.39 is 0 Å². The second-order valence-corrected chi connectivity index (χ2v) is 7.19. The van der Waals surface area contributed by atoms with Gasteiger partial charge in [-0.3, -0.25) is 9.59 Å². The van der Waals surface area contributed by atoms with E-state index in [0.717, 1.165) is 17.2 Å². The highest BCUT2D eigenvalue weighted by Gasteiger charge is 2.42. The molecular formula is C19H22N2O2. The predicted octanol–water partition coefficient (Wildman–Crippen LogP) is 3.08. The van der Waals surface area contributed by atoms with Gasteiger partial charge in [-0.25, -0.2) is 0 Å². The number of carbonyl (C=O) groups is 1. The summed E-state index contributed by atoms with van der Waals surface area (Å²) in [6.45, 7) is 2.11. The topological polar surface area (TPSA) is 62.0 Å². The number of benzene rings is 1. The molecule has 2 fully saturated rings. The van der Waals surface area contributed by atoms with E-state index in [9.17, 15) is 9.59 Å². The fourth-order valence-corrected chi connectivity index (χ4v) is 4.69. The third-order valence-corrected chi connectivity index (χ3v) is 5.79. The molecule has 4 nitrogen and oxygen atoms in total. The fraction of sp³-hybridized carbons (Fsp3) is 0.474. The summed E-state index contributed by atoms with van der Waals surface area (Å²) in [6.07, 6.45) is 5.24. The van der Waals surface area contributed by atoms with Crippen LogP contribution < -0.4 is 10.9 Å². The van der Waals surface area contributed by atoms with Crippen molar-refractivity contribution in [2.24, 2.45) is 17.8 Å². The predicted molar refractivity (Wildman–Crippen MR) is 90.4 cm³/mol. The van der Waals surface area contributed by atoms with Crippen molar-refractivity contribution in [2.75, 3.05) is 0 Å². The lowest BCUT2D eigenvalue weighted by atomic mass is 9.84. The van der Waals surface area contributed by atoms with Gasteiger partial charge >= 0.3 is 0 Å². The van der Waals surface area contributed by atoms with E-state index >= 15 is 0 Å². The van der Waals surface area contributed by atoms with Gasteiger partial charge in [0.15, 0.2) is 0 Å². The van der Waals surface area contributed by atoms with Gasteiger partial charge in [-0.15, -0.1) is 0 Å².